The summed E-state index contributed by atoms with van der Waals surface area (Å²) in [5.41, 5.74) is 1.05. The van der Waals surface area contributed by atoms with Crippen molar-refractivity contribution in [2.24, 2.45) is 0 Å². The zero-order valence-electron chi connectivity index (χ0n) is 8.16. The van der Waals surface area contributed by atoms with Crippen molar-refractivity contribution in [3.8, 4) is 0 Å². The summed E-state index contributed by atoms with van der Waals surface area (Å²) in [4.78, 5) is 10.8. The third kappa shape index (κ3) is 3.73. The summed E-state index contributed by atoms with van der Waals surface area (Å²) in [6, 6.07) is 6.86. The maximum atomic E-state index is 10.8. The standard InChI is InChI=1S/C11H12ClNO2/c1-8(12)6-13-7-9-4-2-3-5-10(9)11(14)15/h2-5,13H,1,6-7H2,(H,14,15). The maximum absolute atomic E-state index is 10.8. The summed E-state index contributed by atoms with van der Waals surface area (Å²) < 4.78 is 0. The van der Waals surface area contributed by atoms with Crippen LogP contribution in [0.5, 0.6) is 0 Å². The number of halogens is 1. The molecule has 3 nitrogen and oxygen atoms in total. The van der Waals surface area contributed by atoms with Crippen molar-refractivity contribution in [2.45, 2.75) is 6.54 Å². The summed E-state index contributed by atoms with van der Waals surface area (Å²) >= 11 is 5.57. The van der Waals surface area contributed by atoms with Gasteiger partial charge in [-0.05, 0) is 11.6 Å². The van der Waals surface area contributed by atoms with Gasteiger partial charge in [-0.2, -0.15) is 0 Å². The van der Waals surface area contributed by atoms with Crippen molar-refractivity contribution >= 4 is 17.6 Å². The average Bonchev–Trinajstić information content (AvgIpc) is 2.17. The Morgan fingerprint density at radius 2 is 2.13 bits per heavy atom. The fraction of sp³-hybridized carbons (Fsp3) is 0.182. The first kappa shape index (κ1) is 11.8. The van der Waals surface area contributed by atoms with Crippen LogP contribution in [-0.4, -0.2) is 17.6 Å². The molecule has 0 aliphatic rings. The Morgan fingerprint density at radius 1 is 1.47 bits per heavy atom. The highest BCUT2D eigenvalue weighted by atomic mass is 35.5. The van der Waals surface area contributed by atoms with Crippen LogP contribution in [0.15, 0.2) is 35.9 Å². The van der Waals surface area contributed by atoms with Crippen LogP contribution >= 0.6 is 11.6 Å². The van der Waals surface area contributed by atoms with Gasteiger partial charge in [0.2, 0.25) is 0 Å². The zero-order valence-corrected chi connectivity index (χ0v) is 8.92. The van der Waals surface area contributed by atoms with Crippen molar-refractivity contribution in [3.63, 3.8) is 0 Å². The van der Waals surface area contributed by atoms with Gasteiger partial charge < -0.3 is 10.4 Å². The first-order valence-electron chi connectivity index (χ1n) is 4.46. The number of aromatic carboxylic acids is 1. The molecular formula is C11H12ClNO2. The third-order valence-corrected chi connectivity index (χ3v) is 2.01. The van der Waals surface area contributed by atoms with Gasteiger partial charge in [0.1, 0.15) is 0 Å². The third-order valence-electron chi connectivity index (χ3n) is 1.88. The minimum atomic E-state index is -0.919. The van der Waals surface area contributed by atoms with Gasteiger partial charge in [0.15, 0.2) is 0 Å². The number of hydrogen-bond acceptors (Lipinski definition) is 2. The van der Waals surface area contributed by atoms with E-state index >= 15 is 0 Å². The smallest absolute Gasteiger partial charge is 0.336 e. The van der Waals surface area contributed by atoms with Crippen LogP contribution in [-0.2, 0) is 6.54 Å². The molecule has 15 heavy (non-hydrogen) atoms. The number of carboxylic acid groups (broad SMARTS) is 1. The predicted octanol–water partition coefficient (Wildman–Crippen LogP) is 2.23. The lowest BCUT2D eigenvalue weighted by molar-refractivity contribution is 0.0695. The molecule has 0 atom stereocenters. The SMILES string of the molecule is C=C(Cl)CNCc1ccccc1C(=O)O. The highest BCUT2D eigenvalue weighted by Crippen LogP contribution is 2.08. The number of hydrogen-bond donors (Lipinski definition) is 2. The molecule has 0 aliphatic carbocycles. The molecule has 2 N–H and O–H groups in total. The first-order valence-corrected chi connectivity index (χ1v) is 4.84. The van der Waals surface area contributed by atoms with E-state index in [-0.39, 0.29) is 0 Å². The number of benzene rings is 1. The second kappa shape index (κ2) is 5.53. The highest BCUT2D eigenvalue weighted by molar-refractivity contribution is 6.29. The van der Waals surface area contributed by atoms with Gasteiger partial charge in [0, 0.05) is 18.1 Å². The van der Waals surface area contributed by atoms with Crippen LogP contribution in [0, 0.1) is 0 Å². The molecular weight excluding hydrogens is 214 g/mol. The minimum absolute atomic E-state index is 0.310. The molecule has 0 fully saturated rings. The molecule has 0 bridgehead atoms. The van der Waals surface area contributed by atoms with Crippen molar-refractivity contribution < 1.29 is 9.90 Å². The summed E-state index contributed by atoms with van der Waals surface area (Å²) in [5, 5.41) is 12.4. The van der Waals surface area contributed by atoms with Crippen LogP contribution in [0.3, 0.4) is 0 Å². The fourth-order valence-electron chi connectivity index (χ4n) is 1.22. The largest absolute Gasteiger partial charge is 0.478 e. The molecule has 0 radical (unpaired) electrons. The molecule has 0 aromatic heterocycles. The number of carboxylic acids is 1. The van der Waals surface area contributed by atoms with E-state index in [1.54, 1.807) is 24.3 Å². The van der Waals surface area contributed by atoms with Crippen LogP contribution in [0.25, 0.3) is 0 Å². The maximum Gasteiger partial charge on any atom is 0.336 e. The first-order chi connectivity index (χ1) is 7.11. The molecule has 0 heterocycles. The molecule has 0 saturated carbocycles. The number of rotatable bonds is 5. The minimum Gasteiger partial charge on any atom is -0.478 e. The summed E-state index contributed by atoms with van der Waals surface area (Å²) in [6.07, 6.45) is 0. The Balaban J connectivity index is 2.67. The topological polar surface area (TPSA) is 49.3 Å². The van der Waals surface area contributed by atoms with E-state index in [0.29, 0.717) is 23.7 Å². The highest BCUT2D eigenvalue weighted by Gasteiger charge is 2.07. The molecule has 80 valence electrons. The fourth-order valence-corrected chi connectivity index (χ4v) is 1.31. The summed E-state index contributed by atoms with van der Waals surface area (Å²) in [7, 11) is 0. The Hall–Kier alpha value is -1.32. The molecule has 0 saturated heterocycles. The van der Waals surface area contributed by atoms with E-state index in [2.05, 4.69) is 11.9 Å². The lowest BCUT2D eigenvalue weighted by atomic mass is 10.1. The average molecular weight is 226 g/mol. The predicted molar refractivity (Wildman–Crippen MR) is 60.1 cm³/mol. The Labute approximate surface area is 93.4 Å². The quantitative estimate of drug-likeness (QED) is 0.808. The summed E-state index contributed by atoms with van der Waals surface area (Å²) in [6.45, 7) is 4.46. The molecule has 0 aliphatic heterocycles. The van der Waals surface area contributed by atoms with E-state index in [1.807, 2.05) is 0 Å². The van der Waals surface area contributed by atoms with Gasteiger partial charge in [-0.3, -0.25) is 0 Å². The lowest BCUT2D eigenvalue weighted by Crippen LogP contribution is -2.16. The lowest BCUT2D eigenvalue weighted by Gasteiger charge is -2.06. The van der Waals surface area contributed by atoms with Gasteiger partial charge in [-0.25, -0.2) is 4.79 Å². The Morgan fingerprint density at radius 3 is 2.73 bits per heavy atom. The van der Waals surface area contributed by atoms with E-state index in [0.717, 1.165) is 5.56 Å². The normalized spacial score (nSPS) is 9.93. The van der Waals surface area contributed by atoms with E-state index in [1.165, 1.54) is 0 Å². The van der Waals surface area contributed by atoms with E-state index in [9.17, 15) is 4.79 Å². The van der Waals surface area contributed by atoms with Crippen LogP contribution in [0.4, 0.5) is 0 Å². The van der Waals surface area contributed by atoms with Gasteiger partial charge in [0.05, 0.1) is 5.56 Å². The molecule has 1 rings (SSSR count). The van der Waals surface area contributed by atoms with Gasteiger partial charge in [0.25, 0.3) is 0 Å². The van der Waals surface area contributed by atoms with Crippen molar-refractivity contribution in [2.75, 3.05) is 6.54 Å². The number of carbonyl (C=O) groups is 1. The molecule has 1 aromatic rings. The number of nitrogens with one attached hydrogen (secondary N) is 1. The van der Waals surface area contributed by atoms with E-state index in [4.69, 9.17) is 16.7 Å². The molecule has 4 heteroatoms. The van der Waals surface area contributed by atoms with Crippen molar-refractivity contribution in [1.82, 2.24) is 5.32 Å². The van der Waals surface area contributed by atoms with Crippen LogP contribution < -0.4 is 5.32 Å². The van der Waals surface area contributed by atoms with Crippen LogP contribution in [0.1, 0.15) is 15.9 Å². The Bertz CT molecular complexity index is 377. The van der Waals surface area contributed by atoms with Gasteiger partial charge in [-0.15, -0.1) is 0 Å². The molecule has 0 unspecified atom stereocenters. The van der Waals surface area contributed by atoms with Crippen molar-refractivity contribution in [3.05, 3.63) is 47.0 Å². The molecule has 1 aromatic carbocycles. The monoisotopic (exact) mass is 225 g/mol. The second-order valence-electron chi connectivity index (χ2n) is 3.08. The van der Waals surface area contributed by atoms with Crippen LogP contribution in [0.2, 0.25) is 0 Å². The van der Waals surface area contributed by atoms with Gasteiger partial charge >= 0.3 is 5.97 Å². The molecule has 0 amide bonds. The second-order valence-corrected chi connectivity index (χ2v) is 3.62. The van der Waals surface area contributed by atoms with E-state index < -0.39 is 5.97 Å². The van der Waals surface area contributed by atoms with Gasteiger partial charge in [-0.1, -0.05) is 36.4 Å². The molecule has 0 spiro atoms. The van der Waals surface area contributed by atoms with Crippen molar-refractivity contribution in [1.29, 1.82) is 0 Å². The zero-order chi connectivity index (χ0) is 11.3. The summed E-state index contributed by atoms with van der Waals surface area (Å²) in [5.74, 6) is -0.919. The Kier molecular flexibility index (Phi) is 4.34.